The minimum absolute atomic E-state index is 0.183. The van der Waals surface area contributed by atoms with Gasteiger partial charge in [0, 0.05) is 9.26 Å². The normalized spacial score (nSPS) is 33.9. The van der Waals surface area contributed by atoms with Crippen molar-refractivity contribution in [3.05, 3.63) is 63.2 Å². The fourth-order valence-corrected chi connectivity index (χ4v) is 6.93. The van der Waals surface area contributed by atoms with E-state index in [1.807, 2.05) is 12.1 Å². The minimum Gasteiger partial charge on any atom is -0.326 e. The Morgan fingerprint density at radius 1 is 0.963 bits per heavy atom. The summed E-state index contributed by atoms with van der Waals surface area (Å²) in [6.07, 6.45) is 7.04. The zero-order chi connectivity index (χ0) is 18.6. The van der Waals surface area contributed by atoms with Gasteiger partial charge in [0.25, 0.3) is 0 Å². The number of hydrogen-bond donors (Lipinski definition) is 1. The molecule has 0 radical (unpaired) electrons. The largest absolute Gasteiger partial charge is 0.326 e. The van der Waals surface area contributed by atoms with Crippen molar-refractivity contribution in [3.63, 3.8) is 0 Å². The Morgan fingerprint density at radius 2 is 1.59 bits per heavy atom. The second kappa shape index (κ2) is 6.33. The number of carbonyl (C=O) groups is 1. The fourth-order valence-electron chi connectivity index (χ4n) is 6.57. The van der Waals surface area contributed by atoms with Gasteiger partial charge < -0.3 is 5.32 Å². The summed E-state index contributed by atoms with van der Waals surface area (Å²) < 4.78 is 1.19. The predicted octanol–water partition coefficient (Wildman–Crippen LogP) is 6.08. The Bertz CT molecular complexity index is 856. The van der Waals surface area contributed by atoms with Gasteiger partial charge in [0.1, 0.15) is 0 Å². The average molecular weight is 471 g/mol. The quantitative estimate of drug-likeness (QED) is 0.541. The number of aryl methyl sites for hydroxylation is 1. The molecular weight excluding hydrogens is 445 g/mol. The van der Waals surface area contributed by atoms with Crippen LogP contribution < -0.4 is 5.32 Å². The molecule has 2 aromatic carbocycles. The first-order valence-corrected chi connectivity index (χ1v) is 11.2. The molecule has 27 heavy (non-hydrogen) atoms. The topological polar surface area (TPSA) is 29.1 Å². The maximum absolute atomic E-state index is 13.5. The van der Waals surface area contributed by atoms with Gasteiger partial charge in [-0.1, -0.05) is 29.8 Å². The van der Waals surface area contributed by atoms with Gasteiger partial charge in [0.15, 0.2) is 0 Å². The molecule has 4 fully saturated rings. The van der Waals surface area contributed by atoms with E-state index in [1.165, 1.54) is 34.0 Å². The number of carbonyl (C=O) groups excluding carboxylic acids is 1. The molecule has 0 heterocycles. The number of anilines is 1. The summed E-state index contributed by atoms with van der Waals surface area (Å²) in [6, 6.07) is 17.3. The first-order chi connectivity index (χ1) is 13.0. The molecule has 3 heteroatoms. The highest BCUT2D eigenvalue weighted by Gasteiger charge is 2.60. The Hall–Kier alpha value is -1.36. The van der Waals surface area contributed by atoms with Crippen molar-refractivity contribution >= 4 is 34.2 Å². The second-order valence-electron chi connectivity index (χ2n) is 9.35. The van der Waals surface area contributed by atoms with Gasteiger partial charge in [-0.15, -0.1) is 0 Å². The molecule has 1 amide bonds. The van der Waals surface area contributed by atoms with Crippen molar-refractivity contribution in [1.82, 2.24) is 0 Å². The zero-order valence-corrected chi connectivity index (χ0v) is 18.0. The molecule has 2 unspecified atom stereocenters. The van der Waals surface area contributed by atoms with E-state index in [9.17, 15) is 4.79 Å². The van der Waals surface area contributed by atoms with E-state index in [2.05, 4.69) is 71.2 Å². The molecule has 2 nitrogen and oxygen atoms in total. The first kappa shape index (κ1) is 17.7. The lowest BCUT2D eigenvalue weighted by atomic mass is 9.42. The number of hydrogen-bond acceptors (Lipinski definition) is 1. The fraction of sp³-hybridized carbons (Fsp3) is 0.458. The van der Waals surface area contributed by atoms with Gasteiger partial charge in [-0.25, -0.2) is 0 Å². The van der Waals surface area contributed by atoms with Crippen LogP contribution in [0.1, 0.15) is 49.7 Å². The van der Waals surface area contributed by atoms with Crippen LogP contribution in [0, 0.1) is 27.7 Å². The van der Waals surface area contributed by atoms with E-state index in [0.29, 0.717) is 11.8 Å². The van der Waals surface area contributed by atoms with Crippen LogP contribution in [0.25, 0.3) is 0 Å². The highest BCUT2D eigenvalue weighted by molar-refractivity contribution is 14.1. The van der Waals surface area contributed by atoms with Gasteiger partial charge in [0.05, 0.1) is 5.41 Å². The highest BCUT2D eigenvalue weighted by atomic mass is 127. The summed E-state index contributed by atoms with van der Waals surface area (Å²) >= 11 is 2.30. The van der Waals surface area contributed by atoms with Gasteiger partial charge in [-0.05, 0) is 115 Å². The third kappa shape index (κ3) is 3.02. The van der Waals surface area contributed by atoms with Crippen LogP contribution in [-0.4, -0.2) is 5.91 Å². The first-order valence-electron chi connectivity index (χ1n) is 10.1. The maximum atomic E-state index is 13.5. The molecule has 2 aromatic rings. The second-order valence-corrected chi connectivity index (χ2v) is 10.6. The molecule has 0 aromatic heterocycles. The maximum Gasteiger partial charge on any atom is 0.230 e. The lowest BCUT2D eigenvalue weighted by Gasteiger charge is -2.61. The number of benzene rings is 2. The summed E-state index contributed by atoms with van der Waals surface area (Å²) in [5.74, 6) is 1.67. The van der Waals surface area contributed by atoms with E-state index in [1.54, 1.807) is 0 Å². The van der Waals surface area contributed by atoms with Gasteiger partial charge in [-0.2, -0.15) is 0 Å². The van der Waals surface area contributed by atoms with E-state index in [0.717, 1.165) is 24.9 Å². The van der Waals surface area contributed by atoms with Crippen LogP contribution in [0.2, 0.25) is 0 Å². The van der Waals surface area contributed by atoms with Crippen molar-refractivity contribution in [2.75, 3.05) is 5.32 Å². The standard InChI is InChI=1S/C24H26INO/c1-16-2-4-19(5-3-16)23-11-17-10-18(12-23)14-24(13-17,15-23)22(27)26-21-8-6-20(25)7-9-21/h2-9,17-18H,10-15H2,1H3,(H,26,27)/t17-,18+,23?,24?. The SMILES string of the molecule is Cc1ccc(C23C[C@@H]4C[C@@H](CC(C(=O)Nc5ccc(I)cc5)(C4)C2)C3)cc1. The summed E-state index contributed by atoms with van der Waals surface area (Å²) in [6.45, 7) is 2.15. The summed E-state index contributed by atoms with van der Waals surface area (Å²) in [5.41, 5.74) is 3.74. The lowest BCUT2D eigenvalue weighted by Crippen LogP contribution is -2.57. The average Bonchev–Trinajstić information content (AvgIpc) is 2.63. The third-order valence-corrected chi connectivity index (χ3v) is 8.03. The zero-order valence-electron chi connectivity index (χ0n) is 15.8. The molecule has 1 N–H and O–H groups in total. The summed E-state index contributed by atoms with van der Waals surface area (Å²) in [7, 11) is 0. The molecule has 6 rings (SSSR count). The van der Waals surface area contributed by atoms with Gasteiger partial charge in [-0.3, -0.25) is 4.79 Å². The Balaban J connectivity index is 1.46. The molecule has 4 aliphatic carbocycles. The van der Waals surface area contributed by atoms with E-state index in [4.69, 9.17) is 0 Å². The summed E-state index contributed by atoms with van der Waals surface area (Å²) in [5, 5.41) is 3.26. The third-order valence-electron chi connectivity index (χ3n) is 7.31. The van der Waals surface area contributed by atoms with E-state index >= 15 is 0 Å². The van der Waals surface area contributed by atoms with Crippen LogP contribution in [0.5, 0.6) is 0 Å². The predicted molar refractivity (Wildman–Crippen MR) is 118 cm³/mol. The molecule has 0 aliphatic heterocycles. The minimum atomic E-state index is -0.183. The van der Waals surface area contributed by atoms with Crippen molar-refractivity contribution in [2.45, 2.75) is 50.9 Å². The Kier molecular flexibility index (Phi) is 4.15. The molecular formula is C24H26INO. The number of rotatable bonds is 3. The summed E-state index contributed by atoms with van der Waals surface area (Å²) in [4.78, 5) is 13.5. The number of nitrogens with one attached hydrogen (secondary N) is 1. The Labute approximate surface area is 175 Å². The van der Waals surface area contributed by atoms with Crippen molar-refractivity contribution in [2.24, 2.45) is 17.3 Å². The van der Waals surface area contributed by atoms with Crippen LogP contribution in [-0.2, 0) is 10.2 Å². The molecule has 4 bridgehead atoms. The molecule has 140 valence electrons. The smallest absolute Gasteiger partial charge is 0.230 e. The molecule has 4 aliphatic rings. The van der Waals surface area contributed by atoms with Crippen LogP contribution in [0.4, 0.5) is 5.69 Å². The molecule has 4 saturated carbocycles. The monoisotopic (exact) mass is 471 g/mol. The van der Waals surface area contributed by atoms with E-state index < -0.39 is 0 Å². The van der Waals surface area contributed by atoms with Crippen molar-refractivity contribution < 1.29 is 4.79 Å². The van der Waals surface area contributed by atoms with Gasteiger partial charge >= 0.3 is 0 Å². The van der Waals surface area contributed by atoms with Crippen LogP contribution >= 0.6 is 22.6 Å². The molecule has 4 atom stereocenters. The number of halogens is 1. The Morgan fingerprint density at radius 3 is 2.22 bits per heavy atom. The van der Waals surface area contributed by atoms with Crippen LogP contribution in [0.15, 0.2) is 48.5 Å². The number of amides is 1. The lowest BCUT2D eigenvalue weighted by molar-refractivity contribution is -0.143. The highest BCUT2D eigenvalue weighted by Crippen LogP contribution is 2.66. The molecule has 0 saturated heterocycles. The van der Waals surface area contributed by atoms with E-state index in [-0.39, 0.29) is 16.7 Å². The van der Waals surface area contributed by atoms with Crippen molar-refractivity contribution in [3.8, 4) is 0 Å². The molecule has 0 spiro atoms. The van der Waals surface area contributed by atoms with Crippen molar-refractivity contribution in [1.29, 1.82) is 0 Å². The van der Waals surface area contributed by atoms with Gasteiger partial charge in [0.2, 0.25) is 5.91 Å². The van der Waals surface area contributed by atoms with Crippen LogP contribution in [0.3, 0.4) is 0 Å².